The summed E-state index contributed by atoms with van der Waals surface area (Å²) in [4.78, 5) is 12.4. The largest absolute Gasteiger partial charge is 0.394 e. The smallest absolute Gasteiger partial charge is 0.249 e. The molecule has 0 saturated carbocycles. The van der Waals surface area contributed by atoms with Crippen LogP contribution in [0.25, 0.3) is 0 Å². The summed E-state index contributed by atoms with van der Waals surface area (Å²) in [6, 6.07) is -0.984. The van der Waals surface area contributed by atoms with Gasteiger partial charge in [-0.05, 0) is 32.1 Å². The van der Waals surface area contributed by atoms with Gasteiger partial charge in [0.25, 0.3) is 0 Å². The fraction of sp³-hybridized carbons (Fsp3) is 0.917. The number of allylic oxidation sites excluding steroid dienone is 2. The first kappa shape index (κ1) is 41.0. The van der Waals surface area contributed by atoms with Crippen molar-refractivity contribution in [1.29, 1.82) is 0 Å². The minimum atomic E-state index is -1.26. The summed E-state index contributed by atoms with van der Waals surface area (Å²) >= 11 is 0. The molecule has 0 radical (unpaired) electrons. The highest BCUT2D eigenvalue weighted by Gasteiger charge is 2.28. The van der Waals surface area contributed by atoms with E-state index in [1.807, 2.05) is 0 Å². The molecule has 4 unspecified atom stereocenters. The van der Waals surface area contributed by atoms with E-state index in [9.17, 15) is 25.2 Å². The minimum Gasteiger partial charge on any atom is -0.394 e. The van der Waals surface area contributed by atoms with E-state index in [1.165, 1.54) is 96.3 Å². The lowest BCUT2D eigenvalue weighted by Gasteiger charge is -2.27. The average Bonchev–Trinajstić information content (AvgIpc) is 2.99. The van der Waals surface area contributed by atoms with Gasteiger partial charge in [-0.3, -0.25) is 4.79 Å². The molecule has 0 aliphatic carbocycles. The van der Waals surface area contributed by atoms with Crippen molar-refractivity contribution in [1.82, 2.24) is 5.32 Å². The van der Waals surface area contributed by atoms with E-state index in [0.29, 0.717) is 12.8 Å². The van der Waals surface area contributed by atoms with Crippen LogP contribution in [0.3, 0.4) is 0 Å². The van der Waals surface area contributed by atoms with Crippen LogP contribution in [0.2, 0.25) is 0 Å². The summed E-state index contributed by atoms with van der Waals surface area (Å²) < 4.78 is 0. The number of unbranched alkanes of at least 4 members (excludes halogenated alkanes) is 21. The highest BCUT2D eigenvalue weighted by molar-refractivity contribution is 5.80. The normalized spacial score (nSPS) is 14.7. The fourth-order valence-electron chi connectivity index (χ4n) is 5.50. The zero-order chi connectivity index (χ0) is 31.1. The first-order valence-corrected chi connectivity index (χ1v) is 18.1. The molecule has 4 atom stereocenters. The second-order valence-electron chi connectivity index (χ2n) is 12.6. The fourth-order valence-corrected chi connectivity index (χ4v) is 5.50. The van der Waals surface area contributed by atoms with Crippen LogP contribution in [-0.2, 0) is 4.79 Å². The SMILES string of the molecule is CCCC/C=C\CCCCCCC(O)C(=O)NC(CO)C(O)C(O)CCCCCCCCCCCCCCCCCC. The monoisotopic (exact) mass is 598 g/mol. The van der Waals surface area contributed by atoms with Crippen molar-refractivity contribution >= 4 is 5.91 Å². The maximum atomic E-state index is 12.4. The molecule has 6 nitrogen and oxygen atoms in total. The Morgan fingerprint density at radius 2 is 0.976 bits per heavy atom. The van der Waals surface area contributed by atoms with Crippen molar-refractivity contribution in [2.24, 2.45) is 0 Å². The molecule has 6 heteroatoms. The molecule has 0 spiro atoms. The molecule has 0 rings (SSSR count). The van der Waals surface area contributed by atoms with Crippen molar-refractivity contribution in [3.63, 3.8) is 0 Å². The van der Waals surface area contributed by atoms with Crippen LogP contribution in [0.5, 0.6) is 0 Å². The van der Waals surface area contributed by atoms with E-state index < -0.39 is 36.9 Å². The molecule has 0 saturated heterocycles. The summed E-state index contributed by atoms with van der Waals surface area (Å²) in [6.45, 7) is 3.98. The standard InChI is InChI=1S/C36H71NO5/c1-3-5-7-9-11-13-15-16-17-18-19-20-22-23-25-27-29-33(39)35(41)32(31-38)37-36(42)34(40)30-28-26-24-21-14-12-10-8-6-4-2/h10,12,32-35,38-41H,3-9,11,13-31H2,1-2H3,(H,37,42)/b12-10-. The van der Waals surface area contributed by atoms with Gasteiger partial charge < -0.3 is 25.7 Å². The van der Waals surface area contributed by atoms with Crippen LogP contribution in [0, 0.1) is 0 Å². The Hall–Kier alpha value is -0.950. The van der Waals surface area contributed by atoms with Gasteiger partial charge in [-0.1, -0.05) is 161 Å². The zero-order valence-electron chi connectivity index (χ0n) is 27.8. The highest BCUT2D eigenvalue weighted by atomic mass is 16.3. The van der Waals surface area contributed by atoms with E-state index in [4.69, 9.17) is 0 Å². The maximum Gasteiger partial charge on any atom is 0.249 e. The Morgan fingerprint density at radius 3 is 1.45 bits per heavy atom. The molecule has 0 aromatic heterocycles. The Balaban J connectivity index is 3.81. The number of nitrogens with one attached hydrogen (secondary N) is 1. The lowest BCUT2D eigenvalue weighted by molar-refractivity contribution is -0.132. The number of aliphatic hydroxyl groups is 4. The summed E-state index contributed by atoms with van der Waals surface area (Å²) in [5.74, 6) is -0.596. The second-order valence-corrected chi connectivity index (χ2v) is 12.6. The predicted octanol–water partition coefficient (Wildman–Crippen LogP) is 8.28. The van der Waals surface area contributed by atoms with Crippen LogP contribution in [0.1, 0.15) is 181 Å². The van der Waals surface area contributed by atoms with E-state index in [-0.39, 0.29) is 0 Å². The number of carbonyl (C=O) groups excluding carboxylic acids is 1. The van der Waals surface area contributed by atoms with E-state index in [2.05, 4.69) is 31.3 Å². The minimum absolute atomic E-state index is 0.355. The third-order valence-electron chi connectivity index (χ3n) is 8.48. The summed E-state index contributed by atoms with van der Waals surface area (Å²) in [6.07, 6.45) is 30.9. The van der Waals surface area contributed by atoms with Gasteiger partial charge in [0, 0.05) is 0 Å². The number of carbonyl (C=O) groups is 1. The Kier molecular flexibility index (Phi) is 30.8. The van der Waals surface area contributed by atoms with Crippen LogP contribution in [0.15, 0.2) is 12.2 Å². The predicted molar refractivity (Wildman–Crippen MR) is 178 cm³/mol. The molecule has 0 aromatic carbocycles. The van der Waals surface area contributed by atoms with Gasteiger partial charge >= 0.3 is 0 Å². The topological polar surface area (TPSA) is 110 Å². The van der Waals surface area contributed by atoms with Crippen LogP contribution in [-0.4, -0.2) is 57.3 Å². The lowest BCUT2D eigenvalue weighted by Crippen LogP contribution is -2.53. The van der Waals surface area contributed by atoms with E-state index in [0.717, 1.165) is 57.8 Å². The van der Waals surface area contributed by atoms with Gasteiger partial charge in [-0.2, -0.15) is 0 Å². The molecule has 250 valence electrons. The van der Waals surface area contributed by atoms with Gasteiger partial charge in [-0.15, -0.1) is 0 Å². The molecule has 0 aromatic rings. The van der Waals surface area contributed by atoms with E-state index in [1.54, 1.807) is 0 Å². The third-order valence-corrected chi connectivity index (χ3v) is 8.48. The van der Waals surface area contributed by atoms with Crippen molar-refractivity contribution in [2.75, 3.05) is 6.61 Å². The lowest BCUT2D eigenvalue weighted by atomic mass is 9.99. The Bertz CT molecular complexity index is 599. The quantitative estimate of drug-likeness (QED) is 0.0396. The van der Waals surface area contributed by atoms with Gasteiger partial charge in [-0.25, -0.2) is 0 Å². The molecule has 1 amide bonds. The Morgan fingerprint density at radius 1 is 0.571 bits per heavy atom. The first-order valence-electron chi connectivity index (χ1n) is 18.1. The van der Waals surface area contributed by atoms with Crippen molar-refractivity contribution in [3.05, 3.63) is 12.2 Å². The number of hydrogen-bond acceptors (Lipinski definition) is 5. The van der Waals surface area contributed by atoms with Gasteiger partial charge in [0.05, 0.1) is 18.8 Å². The number of amides is 1. The van der Waals surface area contributed by atoms with Crippen molar-refractivity contribution < 1.29 is 25.2 Å². The molecule has 5 N–H and O–H groups in total. The molecular weight excluding hydrogens is 526 g/mol. The van der Waals surface area contributed by atoms with Crippen molar-refractivity contribution in [2.45, 2.75) is 205 Å². The molecule has 0 fully saturated rings. The van der Waals surface area contributed by atoms with E-state index >= 15 is 0 Å². The third kappa shape index (κ3) is 25.5. The Labute approximate surface area is 260 Å². The van der Waals surface area contributed by atoms with Crippen LogP contribution < -0.4 is 5.32 Å². The molecule has 0 heterocycles. The molecular formula is C36H71NO5. The van der Waals surface area contributed by atoms with Crippen LogP contribution >= 0.6 is 0 Å². The summed E-state index contributed by atoms with van der Waals surface area (Å²) in [7, 11) is 0. The summed E-state index contributed by atoms with van der Waals surface area (Å²) in [5.41, 5.74) is 0. The number of aliphatic hydroxyl groups excluding tert-OH is 4. The van der Waals surface area contributed by atoms with Crippen LogP contribution in [0.4, 0.5) is 0 Å². The molecule has 0 aliphatic rings. The zero-order valence-corrected chi connectivity index (χ0v) is 27.8. The first-order chi connectivity index (χ1) is 20.5. The number of hydrogen-bond donors (Lipinski definition) is 5. The second kappa shape index (κ2) is 31.5. The summed E-state index contributed by atoms with van der Waals surface area (Å²) in [5, 5.41) is 43.3. The molecule has 0 bridgehead atoms. The van der Waals surface area contributed by atoms with Crippen molar-refractivity contribution in [3.8, 4) is 0 Å². The highest BCUT2D eigenvalue weighted by Crippen LogP contribution is 2.16. The maximum absolute atomic E-state index is 12.4. The average molecular weight is 598 g/mol. The van der Waals surface area contributed by atoms with Gasteiger partial charge in [0.15, 0.2) is 0 Å². The molecule has 0 aliphatic heterocycles. The number of rotatable bonds is 32. The van der Waals surface area contributed by atoms with Gasteiger partial charge in [0.2, 0.25) is 5.91 Å². The molecule has 42 heavy (non-hydrogen) atoms. The van der Waals surface area contributed by atoms with Gasteiger partial charge in [0.1, 0.15) is 12.2 Å².